The number of hydrogen-bond acceptors (Lipinski definition) is 4. The van der Waals surface area contributed by atoms with Crippen molar-refractivity contribution in [2.24, 2.45) is 11.7 Å². The van der Waals surface area contributed by atoms with Gasteiger partial charge in [0.25, 0.3) is 0 Å². The lowest BCUT2D eigenvalue weighted by atomic mass is 9.88. The zero-order valence-corrected chi connectivity index (χ0v) is 16.4. The second kappa shape index (κ2) is 7.94. The number of ether oxygens (including phenoxy) is 1. The molecule has 0 saturated heterocycles. The summed E-state index contributed by atoms with van der Waals surface area (Å²) in [6.07, 6.45) is 5.69. The van der Waals surface area contributed by atoms with E-state index in [-0.39, 0.29) is 36.0 Å². The molecule has 2 amide bonds. The maximum absolute atomic E-state index is 12.8. The highest BCUT2D eigenvalue weighted by atomic mass is 16.6. The molecule has 0 aliphatic heterocycles. The van der Waals surface area contributed by atoms with Crippen LogP contribution in [0.5, 0.6) is 0 Å². The number of nitrogens with one attached hydrogen (secondary N) is 1. The molecule has 0 aromatic carbocycles. The topological polar surface area (TPSA) is 84.7 Å². The van der Waals surface area contributed by atoms with E-state index in [1.54, 1.807) is 0 Å². The van der Waals surface area contributed by atoms with Gasteiger partial charge in [-0.1, -0.05) is 26.7 Å². The summed E-state index contributed by atoms with van der Waals surface area (Å²) >= 11 is 0. The maximum atomic E-state index is 12.8. The number of rotatable bonds is 5. The monoisotopic (exact) mass is 353 g/mol. The quantitative estimate of drug-likeness (QED) is 0.796. The van der Waals surface area contributed by atoms with Gasteiger partial charge >= 0.3 is 6.09 Å². The van der Waals surface area contributed by atoms with Gasteiger partial charge in [0.1, 0.15) is 5.60 Å². The fourth-order valence-electron chi connectivity index (χ4n) is 3.42. The fourth-order valence-corrected chi connectivity index (χ4v) is 3.42. The van der Waals surface area contributed by atoms with Crippen LogP contribution in [0.25, 0.3) is 0 Å². The van der Waals surface area contributed by atoms with E-state index in [9.17, 15) is 9.59 Å². The summed E-state index contributed by atoms with van der Waals surface area (Å²) in [6, 6.07) is -0.312. The maximum Gasteiger partial charge on any atom is 0.410 e. The third-order valence-corrected chi connectivity index (χ3v) is 4.98. The predicted molar refractivity (Wildman–Crippen MR) is 98.1 cm³/mol. The Labute approximate surface area is 151 Å². The summed E-state index contributed by atoms with van der Waals surface area (Å²) in [6.45, 7) is 9.55. The Morgan fingerprint density at radius 2 is 1.72 bits per heavy atom. The van der Waals surface area contributed by atoms with Crippen LogP contribution in [0.1, 0.15) is 73.1 Å². The smallest absolute Gasteiger partial charge is 0.410 e. The Balaban J connectivity index is 2.11. The second-order valence-corrected chi connectivity index (χ2v) is 8.86. The van der Waals surface area contributed by atoms with Crippen molar-refractivity contribution in [1.82, 2.24) is 10.2 Å². The van der Waals surface area contributed by atoms with Crippen molar-refractivity contribution in [3.05, 3.63) is 0 Å². The standard InChI is InChI=1S/C19H35N3O3/c1-12(2)16(20)17(23)21-14-8-6-7-9-15(14)22(13-10-11-13)18(24)25-19(3,4)5/h12-16H,6-11,20H2,1-5H3,(H,21,23)/t14-,15-,16+/m1/s1. The first-order chi connectivity index (χ1) is 11.6. The van der Waals surface area contributed by atoms with E-state index in [0.29, 0.717) is 0 Å². The van der Waals surface area contributed by atoms with Crippen LogP contribution < -0.4 is 11.1 Å². The molecule has 0 unspecified atom stereocenters. The van der Waals surface area contributed by atoms with Crippen LogP contribution in [0, 0.1) is 5.92 Å². The van der Waals surface area contributed by atoms with E-state index < -0.39 is 11.6 Å². The van der Waals surface area contributed by atoms with Crippen molar-refractivity contribution < 1.29 is 14.3 Å². The van der Waals surface area contributed by atoms with E-state index in [1.165, 1.54) is 0 Å². The van der Waals surface area contributed by atoms with Crippen LogP contribution in [-0.4, -0.2) is 46.7 Å². The lowest BCUT2D eigenvalue weighted by Crippen LogP contribution is -2.59. The van der Waals surface area contributed by atoms with Crippen molar-refractivity contribution in [3.63, 3.8) is 0 Å². The SMILES string of the molecule is CC(C)[C@H](N)C(=O)N[C@@H]1CCCC[C@H]1N(C(=O)OC(C)(C)C)C1CC1. The predicted octanol–water partition coefficient (Wildman–Crippen LogP) is 2.80. The van der Waals surface area contributed by atoms with Gasteiger partial charge in [-0.15, -0.1) is 0 Å². The normalized spacial score (nSPS) is 25.4. The van der Waals surface area contributed by atoms with E-state index >= 15 is 0 Å². The van der Waals surface area contributed by atoms with Gasteiger partial charge in [0.05, 0.1) is 12.1 Å². The van der Waals surface area contributed by atoms with Crippen molar-refractivity contribution in [3.8, 4) is 0 Å². The van der Waals surface area contributed by atoms with Crippen LogP contribution in [0.15, 0.2) is 0 Å². The summed E-state index contributed by atoms with van der Waals surface area (Å²) in [5.74, 6) is -0.0285. The molecule has 0 aromatic rings. The van der Waals surface area contributed by atoms with Crippen molar-refractivity contribution in [2.75, 3.05) is 0 Å². The molecule has 6 nitrogen and oxygen atoms in total. The molecule has 2 aliphatic rings. The van der Waals surface area contributed by atoms with Crippen LogP contribution >= 0.6 is 0 Å². The molecule has 0 spiro atoms. The third-order valence-electron chi connectivity index (χ3n) is 4.98. The lowest BCUT2D eigenvalue weighted by molar-refractivity contribution is -0.124. The molecule has 3 atom stereocenters. The van der Waals surface area contributed by atoms with Crippen LogP contribution in [0.2, 0.25) is 0 Å². The molecule has 2 fully saturated rings. The van der Waals surface area contributed by atoms with Gasteiger partial charge in [-0.2, -0.15) is 0 Å². The number of nitrogens with zero attached hydrogens (tertiary/aromatic N) is 1. The van der Waals surface area contributed by atoms with Gasteiger partial charge in [0, 0.05) is 12.1 Å². The minimum Gasteiger partial charge on any atom is -0.444 e. The van der Waals surface area contributed by atoms with Crippen molar-refractivity contribution in [1.29, 1.82) is 0 Å². The second-order valence-electron chi connectivity index (χ2n) is 8.86. The Morgan fingerprint density at radius 3 is 2.24 bits per heavy atom. The van der Waals surface area contributed by atoms with Crippen molar-refractivity contribution >= 4 is 12.0 Å². The first-order valence-corrected chi connectivity index (χ1v) is 9.67. The van der Waals surface area contributed by atoms with Gasteiger partial charge in [0.2, 0.25) is 5.91 Å². The molecule has 0 aromatic heterocycles. The van der Waals surface area contributed by atoms with Crippen LogP contribution in [0.3, 0.4) is 0 Å². The summed E-state index contributed by atoms with van der Waals surface area (Å²) < 4.78 is 5.64. The zero-order chi connectivity index (χ0) is 18.8. The van der Waals surface area contributed by atoms with Crippen molar-refractivity contribution in [2.45, 2.75) is 103 Å². The third kappa shape index (κ3) is 5.59. The Kier molecular flexibility index (Phi) is 6.35. The lowest BCUT2D eigenvalue weighted by Gasteiger charge is -2.41. The van der Waals surface area contributed by atoms with E-state index in [0.717, 1.165) is 38.5 Å². The molecule has 25 heavy (non-hydrogen) atoms. The minimum atomic E-state index is -0.516. The Morgan fingerprint density at radius 1 is 1.12 bits per heavy atom. The van der Waals surface area contributed by atoms with Gasteiger partial charge in [-0.05, 0) is 52.4 Å². The summed E-state index contributed by atoms with van der Waals surface area (Å²) in [5.41, 5.74) is 5.48. The van der Waals surface area contributed by atoms with Crippen LogP contribution in [-0.2, 0) is 9.53 Å². The molecule has 2 aliphatic carbocycles. The summed E-state index contributed by atoms with van der Waals surface area (Å²) in [7, 11) is 0. The van der Waals surface area contributed by atoms with E-state index in [4.69, 9.17) is 10.5 Å². The number of carbonyl (C=O) groups is 2. The number of nitrogens with two attached hydrogens (primary N) is 1. The molecule has 6 heteroatoms. The molecular weight excluding hydrogens is 318 g/mol. The molecule has 0 radical (unpaired) electrons. The average Bonchev–Trinajstić information content (AvgIpc) is 3.31. The first-order valence-electron chi connectivity index (χ1n) is 9.67. The summed E-state index contributed by atoms with van der Waals surface area (Å²) in [5, 5.41) is 3.12. The number of carbonyl (C=O) groups excluding carboxylic acids is 2. The molecule has 0 bridgehead atoms. The highest BCUT2D eigenvalue weighted by Gasteiger charge is 2.43. The molecule has 3 N–H and O–H groups in total. The highest BCUT2D eigenvalue weighted by molar-refractivity contribution is 5.82. The molecule has 2 saturated carbocycles. The Hall–Kier alpha value is -1.30. The Bertz CT molecular complexity index is 483. The van der Waals surface area contributed by atoms with Gasteiger partial charge in [-0.3, -0.25) is 4.79 Å². The average molecular weight is 354 g/mol. The molecule has 2 rings (SSSR count). The van der Waals surface area contributed by atoms with Gasteiger partial charge in [-0.25, -0.2) is 4.79 Å². The largest absolute Gasteiger partial charge is 0.444 e. The molecule has 0 heterocycles. The first kappa shape index (κ1) is 20.0. The highest BCUT2D eigenvalue weighted by Crippen LogP contribution is 2.35. The van der Waals surface area contributed by atoms with E-state index in [2.05, 4.69) is 5.32 Å². The zero-order valence-electron chi connectivity index (χ0n) is 16.4. The number of amides is 2. The molecule has 144 valence electrons. The summed E-state index contributed by atoms with van der Waals surface area (Å²) in [4.78, 5) is 27.1. The molecular formula is C19H35N3O3. The van der Waals surface area contributed by atoms with Gasteiger partial charge < -0.3 is 20.7 Å². The fraction of sp³-hybridized carbons (Fsp3) is 0.895. The van der Waals surface area contributed by atoms with E-state index in [1.807, 2.05) is 39.5 Å². The van der Waals surface area contributed by atoms with Crippen LogP contribution in [0.4, 0.5) is 4.79 Å². The van der Waals surface area contributed by atoms with Gasteiger partial charge in [0.15, 0.2) is 0 Å². The minimum absolute atomic E-state index is 0.000544. The number of hydrogen-bond donors (Lipinski definition) is 2.